The fourth-order valence-electron chi connectivity index (χ4n) is 1.46. The number of primary amides is 1. The number of amides is 1. The molecule has 0 fully saturated rings. The molecule has 0 bridgehead atoms. The number of anilines is 1. The van der Waals surface area contributed by atoms with E-state index < -0.39 is 0 Å². The third-order valence-corrected chi connectivity index (χ3v) is 2.45. The molecule has 0 radical (unpaired) electrons. The quantitative estimate of drug-likeness (QED) is 0.480. The topological polar surface area (TPSA) is 97.3 Å². The number of hydrogen-bond acceptors (Lipinski definition) is 5. The van der Waals surface area contributed by atoms with E-state index >= 15 is 0 Å². The number of nitrogen functional groups attached to an aromatic ring is 1. The molecule has 0 aliphatic carbocycles. The molecular formula is C11H19N5O. The minimum Gasteiger partial charge on any atom is -0.369 e. The highest BCUT2D eigenvalue weighted by atomic mass is 16.1. The van der Waals surface area contributed by atoms with E-state index in [1.165, 1.54) is 0 Å². The monoisotopic (exact) mass is 237 g/mol. The van der Waals surface area contributed by atoms with Crippen molar-refractivity contribution in [1.29, 1.82) is 0 Å². The normalized spacial score (nSPS) is 10.9. The molecule has 0 unspecified atom stereocenters. The molecule has 0 aliphatic heterocycles. The smallest absolute Gasteiger partial charge is 0.231 e. The summed E-state index contributed by atoms with van der Waals surface area (Å²) in [6.07, 6.45) is 1.73. The molecule has 0 atom stereocenters. The molecule has 1 heterocycles. The Balaban J connectivity index is 2.68. The van der Waals surface area contributed by atoms with Gasteiger partial charge in [-0.05, 0) is 25.5 Å². The highest BCUT2D eigenvalue weighted by Crippen LogP contribution is 2.09. The minimum absolute atomic E-state index is 0.245. The SMILES string of the molecule is CC(C)N(CC(N)=O)Cc1ccc(NN)nc1. The second-order valence-corrected chi connectivity index (χ2v) is 4.16. The summed E-state index contributed by atoms with van der Waals surface area (Å²) in [7, 11) is 0. The lowest BCUT2D eigenvalue weighted by molar-refractivity contribution is -0.119. The van der Waals surface area contributed by atoms with Gasteiger partial charge in [-0.2, -0.15) is 0 Å². The Kier molecular flexibility index (Phi) is 4.86. The molecule has 1 amide bonds. The lowest BCUT2D eigenvalue weighted by Crippen LogP contribution is -2.37. The number of carbonyl (C=O) groups excluding carboxylic acids is 1. The zero-order valence-corrected chi connectivity index (χ0v) is 10.2. The summed E-state index contributed by atoms with van der Waals surface area (Å²) in [5, 5.41) is 0. The predicted molar refractivity (Wildman–Crippen MR) is 66.8 cm³/mol. The van der Waals surface area contributed by atoms with Gasteiger partial charge in [-0.1, -0.05) is 6.07 Å². The third-order valence-electron chi connectivity index (χ3n) is 2.45. The highest BCUT2D eigenvalue weighted by Gasteiger charge is 2.12. The van der Waals surface area contributed by atoms with Gasteiger partial charge in [0.2, 0.25) is 5.91 Å². The summed E-state index contributed by atoms with van der Waals surface area (Å²) < 4.78 is 0. The van der Waals surface area contributed by atoms with Crippen molar-refractivity contribution >= 4 is 11.7 Å². The first-order chi connectivity index (χ1) is 8.02. The first kappa shape index (κ1) is 13.4. The van der Waals surface area contributed by atoms with Gasteiger partial charge in [0.05, 0.1) is 6.54 Å². The number of nitrogens with one attached hydrogen (secondary N) is 1. The van der Waals surface area contributed by atoms with Crippen molar-refractivity contribution in [3.05, 3.63) is 23.9 Å². The van der Waals surface area contributed by atoms with Gasteiger partial charge in [-0.3, -0.25) is 9.69 Å². The van der Waals surface area contributed by atoms with E-state index in [0.29, 0.717) is 12.4 Å². The summed E-state index contributed by atoms with van der Waals surface area (Å²) in [6.45, 7) is 4.92. The minimum atomic E-state index is -0.327. The number of pyridine rings is 1. The molecule has 0 saturated carbocycles. The number of rotatable bonds is 6. The average molecular weight is 237 g/mol. The van der Waals surface area contributed by atoms with Crippen LogP contribution in [0.1, 0.15) is 19.4 Å². The lowest BCUT2D eigenvalue weighted by Gasteiger charge is -2.24. The summed E-state index contributed by atoms with van der Waals surface area (Å²) >= 11 is 0. The van der Waals surface area contributed by atoms with Crippen molar-refractivity contribution in [3.8, 4) is 0 Å². The van der Waals surface area contributed by atoms with Crippen LogP contribution in [0.15, 0.2) is 18.3 Å². The van der Waals surface area contributed by atoms with Crippen molar-refractivity contribution in [2.45, 2.75) is 26.4 Å². The maximum atomic E-state index is 10.9. The van der Waals surface area contributed by atoms with E-state index in [2.05, 4.69) is 10.4 Å². The van der Waals surface area contributed by atoms with Crippen LogP contribution in [0, 0.1) is 0 Å². The molecule has 17 heavy (non-hydrogen) atoms. The van der Waals surface area contributed by atoms with Gasteiger partial charge in [0.1, 0.15) is 5.82 Å². The fraction of sp³-hybridized carbons (Fsp3) is 0.455. The van der Waals surface area contributed by atoms with Crippen LogP contribution in [0.4, 0.5) is 5.82 Å². The molecule has 1 rings (SSSR count). The summed E-state index contributed by atoms with van der Waals surface area (Å²) in [5.41, 5.74) is 8.68. The second-order valence-electron chi connectivity index (χ2n) is 4.16. The Morgan fingerprint density at radius 2 is 2.24 bits per heavy atom. The molecule has 0 aromatic carbocycles. The fourth-order valence-corrected chi connectivity index (χ4v) is 1.46. The number of hydrazine groups is 1. The number of carbonyl (C=O) groups is 1. The molecule has 0 saturated heterocycles. The van der Waals surface area contributed by atoms with Gasteiger partial charge in [-0.15, -0.1) is 0 Å². The van der Waals surface area contributed by atoms with Gasteiger partial charge in [0, 0.05) is 18.8 Å². The second kappa shape index (κ2) is 6.17. The Morgan fingerprint density at radius 3 is 2.65 bits per heavy atom. The van der Waals surface area contributed by atoms with Gasteiger partial charge in [-0.25, -0.2) is 10.8 Å². The van der Waals surface area contributed by atoms with Gasteiger partial charge < -0.3 is 11.2 Å². The summed E-state index contributed by atoms with van der Waals surface area (Å²) in [5.74, 6) is 5.52. The third kappa shape index (κ3) is 4.38. The predicted octanol–water partition coefficient (Wildman–Crippen LogP) is 0.0629. The van der Waals surface area contributed by atoms with Crippen LogP contribution >= 0.6 is 0 Å². The molecule has 1 aromatic rings. The number of nitrogens with two attached hydrogens (primary N) is 2. The molecule has 0 spiro atoms. The lowest BCUT2D eigenvalue weighted by atomic mass is 10.2. The van der Waals surface area contributed by atoms with Crippen LogP contribution in [0.3, 0.4) is 0 Å². The highest BCUT2D eigenvalue weighted by molar-refractivity contribution is 5.75. The van der Waals surface area contributed by atoms with E-state index in [1.807, 2.05) is 24.8 Å². The molecule has 1 aromatic heterocycles. The van der Waals surface area contributed by atoms with Crippen LogP contribution in [0.25, 0.3) is 0 Å². The summed E-state index contributed by atoms with van der Waals surface area (Å²) in [6, 6.07) is 3.95. The number of nitrogens with zero attached hydrogens (tertiary/aromatic N) is 2. The van der Waals surface area contributed by atoms with Gasteiger partial charge in [0.25, 0.3) is 0 Å². The Hall–Kier alpha value is -1.66. The number of aromatic nitrogens is 1. The van der Waals surface area contributed by atoms with Crippen molar-refractivity contribution in [2.75, 3.05) is 12.0 Å². The van der Waals surface area contributed by atoms with Gasteiger partial charge in [0.15, 0.2) is 0 Å². The maximum absolute atomic E-state index is 10.9. The van der Waals surface area contributed by atoms with Crippen LogP contribution < -0.4 is 17.0 Å². The zero-order chi connectivity index (χ0) is 12.8. The van der Waals surface area contributed by atoms with Gasteiger partial charge >= 0.3 is 0 Å². The maximum Gasteiger partial charge on any atom is 0.231 e. The van der Waals surface area contributed by atoms with E-state index in [-0.39, 0.29) is 18.5 Å². The first-order valence-corrected chi connectivity index (χ1v) is 5.47. The van der Waals surface area contributed by atoms with E-state index in [4.69, 9.17) is 11.6 Å². The Morgan fingerprint density at radius 1 is 1.53 bits per heavy atom. The molecule has 5 N–H and O–H groups in total. The Labute approximate surface area is 101 Å². The molecule has 6 nitrogen and oxygen atoms in total. The van der Waals surface area contributed by atoms with E-state index in [1.54, 1.807) is 12.3 Å². The average Bonchev–Trinajstić information content (AvgIpc) is 2.28. The van der Waals surface area contributed by atoms with Crippen LogP contribution in [-0.4, -0.2) is 28.4 Å². The van der Waals surface area contributed by atoms with Crippen molar-refractivity contribution in [1.82, 2.24) is 9.88 Å². The van der Waals surface area contributed by atoms with Crippen molar-refractivity contribution in [3.63, 3.8) is 0 Å². The largest absolute Gasteiger partial charge is 0.369 e. The van der Waals surface area contributed by atoms with Crippen LogP contribution in [-0.2, 0) is 11.3 Å². The van der Waals surface area contributed by atoms with Crippen molar-refractivity contribution < 1.29 is 4.79 Å². The standard InChI is InChI=1S/C11H19N5O/c1-8(2)16(7-10(12)17)6-9-3-4-11(15-13)14-5-9/h3-5,8H,6-7,13H2,1-2H3,(H2,12,17)(H,14,15). The number of hydrogen-bond donors (Lipinski definition) is 3. The van der Waals surface area contributed by atoms with Crippen molar-refractivity contribution in [2.24, 2.45) is 11.6 Å². The molecular weight excluding hydrogens is 218 g/mol. The van der Waals surface area contributed by atoms with Crippen LogP contribution in [0.5, 0.6) is 0 Å². The van der Waals surface area contributed by atoms with Crippen LogP contribution in [0.2, 0.25) is 0 Å². The van der Waals surface area contributed by atoms with E-state index in [9.17, 15) is 4.79 Å². The summed E-state index contributed by atoms with van der Waals surface area (Å²) in [4.78, 5) is 17.0. The Bertz CT molecular complexity index is 363. The first-order valence-electron chi connectivity index (χ1n) is 5.47. The van der Waals surface area contributed by atoms with E-state index in [0.717, 1.165) is 5.56 Å². The molecule has 94 valence electrons. The molecule has 0 aliphatic rings. The zero-order valence-electron chi connectivity index (χ0n) is 10.2. The molecule has 6 heteroatoms.